The molecule has 2 aromatic carbocycles. The molecule has 0 fully saturated rings. The lowest BCUT2D eigenvalue weighted by atomic mass is 9.99. The molecule has 0 bridgehead atoms. The molecular weight excluding hydrogens is 384 g/mol. The molecule has 1 amide bonds. The van der Waals surface area contributed by atoms with E-state index in [9.17, 15) is 18.4 Å². The van der Waals surface area contributed by atoms with Crippen LogP contribution < -0.4 is 10.9 Å². The smallest absolute Gasteiger partial charge is 0.413 e. The molecule has 148 valence electrons. The summed E-state index contributed by atoms with van der Waals surface area (Å²) < 4.78 is 32.3. The number of hydrogen-bond donors (Lipinski definition) is 3. The number of halogens is 2. The Morgan fingerprint density at radius 2 is 1.93 bits per heavy atom. The van der Waals surface area contributed by atoms with E-state index in [4.69, 9.17) is 4.74 Å². The normalized spacial score (nSPS) is 11.2. The molecule has 0 aliphatic rings. The van der Waals surface area contributed by atoms with Crippen molar-refractivity contribution in [1.29, 1.82) is 0 Å². The molecule has 2 heterocycles. The Kier molecular flexibility index (Phi) is 4.45. The van der Waals surface area contributed by atoms with Gasteiger partial charge in [0, 0.05) is 10.9 Å². The van der Waals surface area contributed by atoms with Crippen molar-refractivity contribution >= 4 is 33.8 Å². The lowest BCUT2D eigenvalue weighted by molar-refractivity contribution is 0.167. The van der Waals surface area contributed by atoms with Gasteiger partial charge >= 0.3 is 6.09 Å². The summed E-state index contributed by atoms with van der Waals surface area (Å²) in [6.07, 6.45) is -0.643. The number of H-pyrrole nitrogens is 2. The largest absolute Gasteiger partial charge is 0.450 e. The summed E-state index contributed by atoms with van der Waals surface area (Å²) in [7, 11) is 0. The van der Waals surface area contributed by atoms with Gasteiger partial charge in [0.05, 0.1) is 28.7 Å². The lowest BCUT2D eigenvalue weighted by Gasteiger charge is -2.09. The fraction of sp³-hybridized carbons (Fsp3) is 0.158. The first-order chi connectivity index (χ1) is 13.9. The number of ether oxygens (including phenoxy) is 1. The van der Waals surface area contributed by atoms with Crippen molar-refractivity contribution in [2.45, 2.75) is 13.8 Å². The molecule has 0 unspecified atom stereocenters. The molecule has 0 saturated heterocycles. The molecule has 2 aromatic heterocycles. The first kappa shape index (κ1) is 18.5. The van der Waals surface area contributed by atoms with E-state index in [1.807, 2.05) is 0 Å². The number of hydrogen-bond acceptors (Lipinski definition) is 5. The number of fused-ring (bicyclic) bond motifs is 2. The summed E-state index contributed by atoms with van der Waals surface area (Å²) in [5, 5.41) is 9.00. The Bertz CT molecular complexity index is 1330. The predicted octanol–water partition coefficient (Wildman–Crippen LogP) is 3.62. The number of anilines is 1. The molecule has 29 heavy (non-hydrogen) atoms. The Balaban J connectivity index is 1.88. The van der Waals surface area contributed by atoms with E-state index in [-0.39, 0.29) is 29.0 Å². The second-order valence-corrected chi connectivity index (χ2v) is 6.28. The van der Waals surface area contributed by atoms with Crippen LogP contribution in [-0.4, -0.2) is 32.9 Å². The molecule has 4 rings (SSSR count). The third-order valence-corrected chi connectivity index (χ3v) is 4.49. The van der Waals surface area contributed by atoms with Gasteiger partial charge in [0.1, 0.15) is 0 Å². The van der Waals surface area contributed by atoms with Crippen LogP contribution in [0.5, 0.6) is 0 Å². The summed E-state index contributed by atoms with van der Waals surface area (Å²) in [5.74, 6) is -1.99. The highest BCUT2D eigenvalue weighted by atomic mass is 19.2. The Labute approximate surface area is 161 Å². The lowest BCUT2D eigenvalue weighted by Crippen LogP contribution is -2.14. The molecule has 4 aromatic rings. The zero-order chi connectivity index (χ0) is 20.7. The van der Waals surface area contributed by atoms with E-state index in [0.29, 0.717) is 22.2 Å². The average Bonchev–Trinajstić information content (AvgIpc) is 3.08. The second-order valence-electron chi connectivity index (χ2n) is 6.28. The van der Waals surface area contributed by atoms with Crippen molar-refractivity contribution in [2.24, 2.45) is 0 Å². The zero-order valence-corrected chi connectivity index (χ0v) is 15.4. The number of aromatic amines is 2. The van der Waals surface area contributed by atoms with E-state index >= 15 is 0 Å². The number of amides is 1. The number of carbonyl (C=O) groups is 1. The summed E-state index contributed by atoms with van der Waals surface area (Å²) >= 11 is 0. The van der Waals surface area contributed by atoms with E-state index in [0.717, 1.165) is 12.1 Å². The van der Waals surface area contributed by atoms with E-state index in [1.54, 1.807) is 26.0 Å². The van der Waals surface area contributed by atoms with Gasteiger partial charge < -0.3 is 9.72 Å². The SMILES string of the molecule is CCOC(=O)Nc1nc2c(C)c(-c3n[nH]c(=O)c4cc(F)c(F)cc34)ccc2[nH]1. The number of benzene rings is 2. The molecule has 0 spiro atoms. The fourth-order valence-electron chi connectivity index (χ4n) is 3.16. The first-order valence-corrected chi connectivity index (χ1v) is 8.70. The highest BCUT2D eigenvalue weighted by molar-refractivity contribution is 5.98. The van der Waals surface area contributed by atoms with Gasteiger partial charge in [-0.1, -0.05) is 6.07 Å². The van der Waals surface area contributed by atoms with Crippen LogP contribution >= 0.6 is 0 Å². The van der Waals surface area contributed by atoms with Crippen LogP contribution in [0.3, 0.4) is 0 Å². The summed E-state index contributed by atoms with van der Waals surface area (Å²) in [6, 6.07) is 5.22. The van der Waals surface area contributed by atoms with E-state index in [2.05, 4.69) is 25.5 Å². The maximum atomic E-state index is 13.8. The monoisotopic (exact) mass is 399 g/mol. The minimum atomic E-state index is -1.12. The number of imidazole rings is 1. The molecule has 0 saturated carbocycles. The minimum Gasteiger partial charge on any atom is -0.450 e. The maximum absolute atomic E-state index is 13.8. The van der Waals surface area contributed by atoms with Gasteiger partial charge in [-0.15, -0.1) is 0 Å². The molecule has 3 N–H and O–H groups in total. The van der Waals surface area contributed by atoms with E-state index in [1.165, 1.54) is 0 Å². The van der Waals surface area contributed by atoms with Crippen molar-refractivity contribution in [3.05, 3.63) is 51.8 Å². The van der Waals surface area contributed by atoms with Crippen LogP contribution in [0, 0.1) is 18.6 Å². The Morgan fingerprint density at radius 3 is 2.66 bits per heavy atom. The van der Waals surface area contributed by atoms with Crippen molar-refractivity contribution in [3.63, 3.8) is 0 Å². The Morgan fingerprint density at radius 1 is 1.21 bits per heavy atom. The number of rotatable bonds is 3. The van der Waals surface area contributed by atoms with Crippen molar-refractivity contribution < 1.29 is 18.3 Å². The zero-order valence-electron chi connectivity index (χ0n) is 15.4. The number of nitrogens with zero attached hydrogens (tertiary/aromatic N) is 2. The Hall–Kier alpha value is -3.82. The predicted molar refractivity (Wildman–Crippen MR) is 103 cm³/mol. The summed E-state index contributed by atoms with van der Waals surface area (Å²) in [5.41, 5.74) is 2.07. The van der Waals surface area contributed by atoms with Gasteiger partial charge in [-0.05, 0) is 37.6 Å². The molecule has 0 atom stereocenters. The van der Waals surface area contributed by atoms with Crippen LogP contribution in [0.15, 0.2) is 29.1 Å². The number of aromatic nitrogens is 4. The molecular formula is C19H15F2N5O3. The van der Waals surface area contributed by atoms with Crippen LogP contribution in [-0.2, 0) is 4.74 Å². The van der Waals surface area contributed by atoms with Gasteiger partial charge in [-0.2, -0.15) is 5.10 Å². The number of carbonyl (C=O) groups excluding carboxylic acids is 1. The molecule has 0 aliphatic carbocycles. The van der Waals surface area contributed by atoms with Gasteiger partial charge in [0.2, 0.25) is 5.95 Å². The third kappa shape index (κ3) is 3.18. The topological polar surface area (TPSA) is 113 Å². The van der Waals surface area contributed by atoms with Crippen LogP contribution in [0.25, 0.3) is 33.1 Å². The van der Waals surface area contributed by atoms with Gasteiger partial charge in [-0.25, -0.2) is 23.7 Å². The highest BCUT2D eigenvalue weighted by Gasteiger charge is 2.17. The van der Waals surface area contributed by atoms with Crippen LogP contribution in [0.2, 0.25) is 0 Å². The molecule has 10 heteroatoms. The van der Waals surface area contributed by atoms with Gasteiger partial charge in [0.15, 0.2) is 11.6 Å². The fourth-order valence-corrected chi connectivity index (χ4v) is 3.16. The van der Waals surface area contributed by atoms with Crippen molar-refractivity contribution in [2.75, 3.05) is 11.9 Å². The van der Waals surface area contributed by atoms with Crippen molar-refractivity contribution in [3.8, 4) is 11.3 Å². The molecule has 0 aliphatic heterocycles. The van der Waals surface area contributed by atoms with Crippen LogP contribution in [0.4, 0.5) is 19.5 Å². The van der Waals surface area contributed by atoms with Crippen LogP contribution in [0.1, 0.15) is 12.5 Å². The maximum Gasteiger partial charge on any atom is 0.413 e. The summed E-state index contributed by atoms with van der Waals surface area (Å²) in [6.45, 7) is 3.67. The quantitative estimate of drug-likeness (QED) is 0.487. The van der Waals surface area contributed by atoms with E-state index < -0.39 is 23.3 Å². The van der Waals surface area contributed by atoms with Gasteiger partial charge in [-0.3, -0.25) is 10.1 Å². The average molecular weight is 399 g/mol. The highest BCUT2D eigenvalue weighted by Crippen LogP contribution is 2.32. The molecule has 0 radical (unpaired) electrons. The van der Waals surface area contributed by atoms with Gasteiger partial charge in [0.25, 0.3) is 5.56 Å². The standard InChI is InChI=1S/C19H15F2N5O3/c1-3-29-19(28)24-18-22-14-5-4-9(8(2)15(14)23-18)16-10-6-12(20)13(21)7-11(10)17(27)26-25-16/h4-7H,3H2,1-2H3,(H,26,27)(H2,22,23,24,28). The minimum absolute atomic E-state index is 0.0138. The molecule has 8 nitrogen and oxygen atoms in total. The third-order valence-electron chi connectivity index (χ3n) is 4.49. The summed E-state index contributed by atoms with van der Waals surface area (Å²) in [4.78, 5) is 30.9. The second kappa shape index (κ2) is 6.97. The number of aryl methyl sites for hydroxylation is 1. The van der Waals surface area contributed by atoms with Crippen molar-refractivity contribution in [1.82, 2.24) is 20.2 Å². The first-order valence-electron chi connectivity index (χ1n) is 8.70. The number of nitrogens with one attached hydrogen (secondary N) is 3.